The smallest absolute Gasteiger partial charge is 0.229 e. The van der Waals surface area contributed by atoms with Crippen LogP contribution in [0.1, 0.15) is 42.6 Å². The summed E-state index contributed by atoms with van der Waals surface area (Å²) in [5, 5.41) is 3.98. The van der Waals surface area contributed by atoms with Crippen LogP contribution in [0.2, 0.25) is 0 Å². The zero-order valence-electron chi connectivity index (χ0n) is 11.1. The molecule has 0 atom stereocenters. The molecule has 0 unspecified atom stereocenters. The zero-order valence-corrected chi connectivity index (χ0v) is 11.1. The van der Waals surface area contributed by atoms with Crippen molar-refractivity contribution in [2.75, 3.05) is 5.73 Å². The van der Waals surface area contributed by atoms with Crippen molar-refractivity contribution in [3.63, 3.8) is 0 Å². The van der Waals surface area contributed by atoms with Crippen LogP contribution in [0.15, 0.2) is 22.7 Å². The molecule has 0 saturated carbocycles. The molecule has 0 aliphatic carbocycles. The second kappa shape index (κ2) is 5.21. The van der Waals surface area contributed by atoms with E-state index in [0.717, 1.165) is 29.9 Å². The van der Waals surface area contributed by atoms with Crippen LogP contribution in [0.4, 0.5) is 5.69 Å². The number of rotatable bonds is 4. The average molecular weight is 245 g/mol. The fourth-order valence-corrected chi connectivity index (χ4v) is 1.71. The standard InChI is InChI=1S/C14H19N3O/c1-9(2)14-16-13(17-18-14)7-6-11-5-4-10(3)12(15)8-11/h4-5,8-9H,6-7,15H2,1-3H3. The molecule has 0 saturated heterocycles. The number of nitrogens with two attached hydrogens (primary N) is 1. The van der Waals surface area contributed by atoms with E-state index in [9.17, 15) is 0 Å². The Balaban J connectivity index is 2.00. The molecule has 4 heteroatoms. The van der Waals surface area contributed by atoms with Gasteiger partial charge in [0.2, 0.25) is 5.89 Å². The summed E-state index contributed by atoms with van der Waals surface area (Å²) in [5.41, 5.74) is 9.03. The van der Waals surface area contributed by atoms with Gasteiger partial charge < -0.3 is 10.3 Å². The molecular weight excluding hydrogens is 226 g/mol. The molecule has 0 bridgehead atoms. The third-order valence-electron chi connectivity index (χ3n) is 2.96. The van der Waals surface area contributed by atoms with E-state index in [4.69, 9.17) is 10.3 Å². The summed E-state index contributed by atoms with van der Waals surface area (Å²) >= 11 is 0. The zero-order chi connectivity index (χ0) is 13.1. The van der Waals surface area contributed by atoms with Gasteiger partial charge in [-0.1, -0.05) is 31.1 Å². The van der Waals surface area contributed by atoms with Gasteiger partial charge in [-0.25, -0.2) is 0 Å². The molecule has 1 aromatic carbocycles. The Kier molecular flexibility index (Phi) is 3.65. The highest BCUT2D eigenvalue weighted by atomic mass is 16.5. The van der Waals surface area contributed by atoms with Crippen LogP contribution in [-0.4, -0.2) is 10.1 Å². The van der Waals surface area contributed by atoms with Crippen LogP contribution in [0.3, 0.4) is 0 Å². The molecule has 1 aromatic heterocycles. The lowest BCUT2D eigenvalue weighted by Crippen LogP contribution is -1.97. The third kappa shape index (κ3) is 2.88. The molecule has 0 fully saturated rings. The van der Waals surface area contributed by atoms with E-state index in [0.29, 0.717) is 5.89 Å². The molecule has 2 aromatic rings. The van der Waals surface area contributed by atoms with Gasteiger partial charge in [0.15, 0.2) is 5.82 Å². The minimum absolute atomic E-state index is 0.279. The Morgan fingerprint density at radius 3 is 2.67 bits per heavy atom. The second-order valence-corrected chi connectivity index (χ2v) is 4.89. The molecule has 4 nitrogen and oxygen atoms in total. The van der Waals surface area contributed by atoms with Crippen LogP contribution >= 0.6 is 0 Å². The molecule has 0 spiro atoms. The molecule has 0 aliphatic rings. The van der Waals surface area contributed by atoms with Crippen LogP contribution < -0.4 is 5.73 Å². The van der Waals surface area contributed by atoms with Gasteiger partial charge in [0.1, 0.15) is 0 Å². The first-order chi connectivity index (χ1) is 8.56. The Morgan fingerprint density at radius 2 is 2.06 bits per heavy atom. The van der Waals surface area contributed by atoms with Crippen molar-refractivity contribution < 1.29 is 4.52 Å². The molecule has 0 aliphatic heterocycles. The molecule has 96 valence electrons. The maximum absolute atomic E-state index is 5.88. The summed E-state index contributed by atoms with van der Waals surface area (Å²) in [5.74, 6) is 1.74. The summed E-state index contributed by atoms with van der Waals surface area (Å²) in [6.07, 6.45) is 1.65. The summed E-state index contributed by atoms with van der Waals surface area (Å²) in [7, 11) is 0. The first kappa shape index (κ1) is 12.6. The summed E-state index contributed by atoms with van der Waals surface area (Å²) in [6.45, 7) is 6.09. The van der Waals surface area contributed by atoms with Gasteiger partial charge in [0, 0.05) is 18.0 Å². The molecular formula is C14H19N3O. The monoisotopic (exact) mass is 245 g/mol. The quantitative estimate of drug-likeness (QED) is 0.841. The van der Waals surface area contributed by atoms with Crippen molar-refractivity contribution in [3.05, 3.63) is 41.0 Å². The van der Waals surface area contributed by atoms with Gasteiger partial charge in [-0.2, -0.15) is 4.98 Å². The molecule has 1 heterocycles. The van der Waals surface area contributed by atoms with Gasteiger partial charge in [0.25, 0.3) is 0 Å². The largest absolute Gasteiger partial charge is 0.399 e. The lowest BCUT2D eigenvalue weighted by Gasteiger charge is -2.03. The highest BCUT2D eigenvalue weighted by molar-refractivity contribution is 5.48. The van der Waals surface area contributed by atoms with Crippen molar-refractivity contribution in [2.24, 2.45) is 0 Å². The van der Waals surface area contributed by atoms with Gasteiger partial charge >= 0.3 is 0 Å². The van der Waals surface area contributed by atoms with Crippen molar-refractivity contribution in [3.8, 4) is 0 Å². The minimum Gasteiger partial charge on any atom is -0.399 e. The maximum Gasteiger partial charge on any atom is 0.229 e. The number of aryl methyl sites for hydroxylation is 3. The number of anilines is 1. The lowest BCUT2D eigenvalue weighted by molar-refractivity contribution is 0.360. The van der Waals surface area contributed by atoms with Crippen LogP contribution in [0.5, 0.6) is 0 Å². The normalized spacial score (nSPS) is 11.1. The number of nitrogen functional groups attached to an aromatic ring is 1. The van der Waals surface area contributed by atoms with Crippen LogP contribution in [0.25, 0.3) is 0 Å². The van der Waals surface area contributed by atoms with E-state index in [1.807, 2.05) is 32.9 Å². The number of aromatic nitrogens is 2. The van der Waals surface area contributed by atoms with Gasteiger partial charge in [-0.05, 0) is 30.5 Å². The Labute approximate surface area is 107 Å². The molecule has 0 radical (unpaired) electrons. The SMILES string of the molecule is Cc1ccc(CCc2noc(C(C)C)n2)cc1N. The average Bonchev–Trinajstić information content (AvgIpc) is 2.79. The Hall–Kier alpha value is -1.84. The van der Waals surface area contributed by atoms with Crippen molar-refractivity contribution in [1.82, 2.24) is 10.1 Å². The van der Waals surface area contributed by atoms with Crippen molar-refractivity contribution >= 4 is 5.69 Å². The predicted molar refractivity (Wildman–Crippen MR) is 71.4 cm³/mol. The van der Waals surface area contributed by atoms with Gasteiger partial charge in [-0.3, -0.25) is 0 Å². The fraction of sp³-hybridized carbons (Fsp3) is 0.429. The molecule has 2 N–H and O–H groups in total. The van der Waals surface area contributed by atoms with Crippen molar-refractivity contribution in [2.45, 2.75) is 39.5 Å². The van der Waals surface area contributed by atoms with Gasteiger partial charge in [0.05, 0.1) is 0 Å². The van der Waals surface area contributed by atoms with E-state index in [-0.39, 0.29) is 5.92 Å². The van der Waals surface area contributed by atoms with E-state index < -0.39 is 0 Å². The number of hydrogen-bond acceptors (Lipinski definition) is 4. The summed E-state index contributed by atoms with van der Waals surface area (Å²) < 4.78 is 5.17. The van der Waals surface area contributed by atoms with Crippen LogP contribution in [0, 0.1) is 6.92 Å². The number of benzene rings is 1. The van der Waals surface area contributed by atoms with Crippen molar-refractivity contribution in [1.29, 1.82) is 0 Å². The lowest BCUT2D eigenvalue weighted by atomic mass is 10.1. The van der Waals surface area contributed by atoms with E-state index >= 15 is 0 Å². The van der Waals surface area contributed by atoms with E-state index in [1.165, 1.54) is 5.56 Å². The number of nitrogens with zero attached hydrogens (tertiary/aromatic N) is 2. The highest BCUT2D eigenvalue weighted by Crippen LogP contribution is 2.15. The topological polar surface area (TPSA) is 64.9 Å². The third-order valence-corrected chi connectivity index (χ3v) is 2.96. The second-order valence-electron chi connectivity index (χ2n) is 4.89. The maximum atomic E-state index is 5.88. The number of hydrogen-bond donors (Lipinski definition) is 1. The molecule has 18 heavy (non-hydrogen) atoms. The first-order valence-corrected chi connectivity index (χ1v) is 6.23. The molecule has 2 rings (SSSR count). The Morgan fingerprint density at radius 1 is 1.28 bits per heavy atom. The van der Waals surface area contributed by atoms with Gasteiger partial charge in [-0.15, -0.1) is 0 Å². The first-order valence-electron chi connectivity index (χ1n) is 6.23. The van der Waals surface area contributed by atoms with E-state index in [1.54, 1.807) is 0 Å². The highest BCUT2D eigenvalue weighted by Gasteiger charge is 2.09. The predicted octanol–water partition coefficient (Wildman–Crippen LogP) is 2.87. The minimum atomic E-state index is 0.279. The summed E-state index contributed by atoms with van der Waals surface area (Å²) in [6, 6.07) is 6.15. The fourth-order valence-electron chi connectivity index (χ4n) is 1.71. The molecule has 0 amide bonds. The van der Waals surface area contributed by atoms with E-state index in [2.05, 4.69) is 16.2 Å². The van der Waals surface area contributed by atoms with Crippen LogP contribution in [-0.2, 0) is 12.8 Å². The Bertz CT molecular complexity index is 532. The summed E-state index contributed by atoms with van der Waals surface area (Å²) in [4.78, 5) is 4.36.